The van der Waals surface area contributed by atoms with E-state index in [9.17, 15) is 0 Å². The van der Waals surface area contributed by atoms with E-state index in [0.717, 1.165) is 18.1 Å². The molecule has 0 N–H and O–H groups in total. The van der Waals surface area contributed by atoms with Crippen molar-refractivity contribution in [2.75, 3.05) is 19.8 Å². The van der Waals surface area contributed by atoms with E-state index >= 15 is 0 Å². The highest BCUT2D eigenvalue weighted by atomic mass is 33.1. The van der Waals surface area contributed by atoms with Gasteiger partial charge in [0.2, 0.25) is 0 Å². The van der Waals surface area contributed by atoms with Crippen LogP contribution in [-0.2, 0) is 0 Å². The molecule has 0 spiro atoms. The number of allylic oxidation sites excluding steroid dienone is 8. The molecule has 0 aliphatic heterocycles. The summed E-state index contributed by atoms with van der Waals surface area (Å²) in [6, 6.07) is 0. The molecule has 294 valence electrons. The first-order valence-corrected chi connectivity index (χ1v) is 24.1. The first-order chi connectivity index (χ1) is 24.1. The zero-order chi connectivity index (χ0) is 37.0. The van der Waals surface area contributed by atoms with Crippen molar-refractivity contribution in [3.05, 3.63) is 48.6 Å². The van der Waals surface area contributed by atoms with Crippen molar-refractivity contribution in [3.63, 3.8) is 0 Å². The number of hydrogen-bond acceptors (Lipinski definition) is 3. The fraction of sp³-hybridized carbons (Fsp3) is 0.830. The molecule has 0 aromatic rings. The summed E-state index contributed by atoms with van der Waals surface area (Å²) in [7, 11) is 8.87. The molecule has 3 heteroatoms. The minimum absolute atomic E-state index is 0.247. The molecule has 0 amide bonds. The smallest absolute Gasteiger partial charge is 0.0152 e. The highest BCUT2D eigenvalue weighted by Gasteiger charge is 2.30. The molecule has 0 saturated heterocycles. The molecule has 0 radical (unpaired) electrons. The molecule has 0 aromatic carbocycles. The Labute approximate surface area is 324 Å². The van der Waals surface area contributed by atoms with E-state index in [1.54, 1.807) is 0 Å². The molecule has 0 atom stereocenters. The second-order valence-electron chi connectivity index (χ2n) is 16.8. The summed E-state index contributed by atoms with van der Waals surface area (Å²) in [6.07, 6.45) is 55.3. The Morgan fingerprint density at radius 1 is 0.480 bits per heavy atom. The molecular weight excluding hydrogens is 643 g/mol. The lowest BCUT2D eigenvalue weighted by atomic mass is 9.81. The Bertz CT molecular complexity index is 773. The number of nitrogens with zero attached hydrogens (tertiary/aromatic N) is 1. The van der Waals surface area contributed by atoms with Gasteiger partial charge >= 0.3 is 0 Å². The number of hydrogen-bond donors (Lipinski definition) is 0. The van der Waals surface area contributed by atoms with Crippen LogP contribution >= 0.6 is 21.6 Å². The molecular formula is C47H89NS2. The molecule has 0 heterocycles. The highest BCUT2D eigenvalue weighted by Crippen LogP contribution is 2.40. The van der Waals surface area contributed by atoms with E-state index in [0.29, 0.717) is 5.41 Å². The highest BCUT2D eigenvalue weighted by molar-refractivity contribution is 8.76. The van der Waals surface area contributed by atoms with E-state index in [2.05, 4.69) is 131 Å². The summed E-state index contributed by atoms with van der Waals surface area (Å²) in [5.74, 6) is 1.25. The van der Waals surface area contributed by atoms with Crippen LogP contribution in [-0.4, -0.2) is 35.5 Å². The van der Waals surface area contributed by atoms with Crippen LogP contribution in [0.2, 0.25) is 0 Å². The molecule has 0 aliphatic rings. The summed E-state index contributed by atoms with van der Waals surface area (Å²) in [5, 5.41) is 0.828. The van der Waals surface area contributed by atoms with E-state index in [4.69, 9.17) is 0 Å². The molecule has 0 saturated carbocycles. The summed E-state index contributed by atoms with van der Waals surface area (Å²) < 4.78 is 0. The van der Waals surface area contributed by atoms with Crippen molar-refractivity contribution in [2.24, 2.45) is 5.41 Å². The van der Waals surface area contributed by atoms with Gasteiger partial charge in [0, 0.05) is 16.5 Å². The molecule has 0 rings (SSSR count). The Morgan fingerprint density at radius 3 is 1.22 bits per heavy atom. The van der Waals surface area contributed by atoms with Crippen LogP contribution in [0.4, 0.5) is 0 Å². The third-order valence-electron chi connectivity index (χ3n) is 10.2. The summed E-state index contributed by atoms with van der Waals surface area (Å²) >= 11 is 0. The fourth-order valence-corrected chi connectivity index (χ4v) is 10.2. The van der Waals surface area contributed by atoms with Gasteiger partial charge < -0.3 is 4.90 Å². The second kappa shape index (κ2) is 35.6. The average molecular weight is 732 g/mol. The van der Waals surface area contributed by atoms with E-state index < -0.39 is 0 Å². The lowest BCUT2D eigenvalue weighted by Gasteiger charge is -2.39. The van der Waals surface area contributed by atoms with Crippen molar-refractivity contribution in [1.82, 2.24) is 4.90 Å². The quantitative estimate of drug-likeness (QED) is 0.0356. The zero-order valence-electron chi connectivity index (χ0n) is 35.3. The van der Waals surface area contributed by atoms with E-state index in [1.165, 1.54) is 166 Å². The van der Waals surface area contributed by atoms with Crippen molar-refractivity contribution >= 4 is 21.6 Å². The van der Waals surface area contributed by atoms with Crippen LogP contribution in [0.1, 0.15) is 215 Å². The van der Waals surface area contributed by atoms with Gasteiger partial charge in [0.25, 0.3) is 0 Å². The molecule has 1 nitrogen and oxygen atoms in total. The monoisotopic (exact) mass is 732 g/mol. The lowest BCUT2D eigenvalue weighted by molar-refractivity contribution is 0.132. The molecule has 0 fully saturated rings. The Hall–Kier alpha value is -0.380. The van der Waals surface area contributed by atoms with Gasteiger partial charge in [0.05, 0.1) is 0 Å². The van der Waals surface area contributed by atoms with Crippen LogP contribution in [0.3, 0.4) is 0 Å². The van der Waals surface area contributed by atoms with Gasteiger partial charge in [-0.25, -0.2) is 0 Å². The van der Waals surface area contributed by atoms with Crippen LogP contribution in [0.15, 0.2) is 48.6 Å². The van der Waals surface area contributed by atoms with Crippen LogP contribution < -0.4 is 0 Å². The van der Waals surface area contributed by atoms with E-state index in [1.807, 2.05) is 0 Å². The normalized spacial score (nSPS) is 13.8. The van der Waals surface area contributed by atoms with E-state index in [-0.39, 0.29) is 5.54 Å². The summed E-state index contributed by atoms with van der Waals surface area (Å²) in [4.78, 5) is 2.40. The molecule has 0 aliphatic carbocycles. The molecule has 50 heavy (non-hydrogen) atoms. The van der Waals surface area contributed by atoms with Crippen LogP contribution in [0.25, 0.3) is 0 Å². The maximum absolute atomic E-state index is 2.48. The Morgan fingerprint density at radius 2 is 0.840 bits per heavy atom. The van der Waals surface area contributed by atoms with Crippen LogP contribution in [0, 0.1) is 5.41 Å². The average Bonchev–Trinajstić information content (AvgIpc) is 3.06. The van der Waals surface area contributed by atoms with Crippen molar-refractivity contribution in [1.29, 1.82) is 0 Å². The van der Waals surface area contributed by atoms with Crippen molar-refractivity contribution in [2.45, 2.75) is 226 Å². The Balaban J connectivity index is 4.29. The minimum atomic E-state index is 0.247. The largest absolute Gasteiger partial charge is 0.304 e. The molecule has 0 bridgehead atoms. The number of rotatable bonds is 37. The SMILES string of the molecule is CCCCCC=CCC=CCCCCCCCCC(CCCCCCCCC=CCC=CCCCCC)SSCC(C)(C)CC(C)(C)N(C)C. The van der Waals surface area contributed by atoms with Gasteiger partial charge in [-0.15, -0.1) is 0 Å². The third kappa shape index (κ3) is 34.7. The predicted octanol–water partition coefficient (Wildman–Crippen LogP) is 16.9. The van der Waals surface area contributed by atoms with Gasteiger partial charge in [-0.2, -0.15) is 0 Å². The molecule has 0 unspecified atom stereocenters. The first kappa shape index (κ1) is 49.6. The van der Waals surface area contributed by atoms with Gasteiger partial charge in [-0.1, -0.05) is 188 Å². The van der Waals surface area contributed by atoms with Crippen molar-refractivity contribution in [3.8, 4) is 0 Å². The minimum Gasteiger partial charge on any atom is -0.304 e. The van der Waals surface area contributed by atoms with Gasteiger partial charge in [0.1, 0.15) is 0 Å². The third-order valence-corrected chi connectivity index (χ3v) is 13.6. The Kier molecular flexibility index (Phi) is 35.4. The van der Waals surface area contributed by atoms with Gasteiger partial charge in [0.15, 0.2) is 0 Å². The second-order valence-corrected chi connectivity index (χ2v) is 19.4. The topological polar surface area (TPSA) is 3.24 Å². The van der Waals surface area contributed by atoms with Gasteiger partial charge in [-0.3, -0.25) is 0 Å². The molecule has 0 aromatic heterocycles. The van der Waals surface area contributed by atoms with Crippen molar-refractivity contribution < 1.29 is 0 Å². The summed E-state index contributed by atoms with van der Waals surface area (Å²) in [5.41, 5.74) is 0.604. The first-order valence-electron chi connectivity index (χ1n) is 21.7. The standard InChI is InChI=1S/C47H89NS2/c1-9-11-13-15-17-19-21-23-25-27-29-31-33-35-37-39-41-45(50-49-44-46(3,4)43-47(5,6)48(7)8)42-40-38-36-34-32-30-28-26-24-22-20-18-16-14-12-10-2/h17-20,23-26,45H,9-16,21-22,27-44H2,1-8H3. The fourth-order valence-electron chi connectivity index (χ4n) is 6.63. The maximum atomic E-state index is 2.48. The van der Waals surface area contributed by atoms with Crippen LogP contribution in [0.5, 0.6) is 0 Å². The zero-order valence-corrected chi connectivity index (χ0v) is 36.9. The van der Waals surface area contributed by atoms with Gasteiger partial charge in [-0.05, 0) is 117 Å². The predicted molar refractivity (Wildman–Crippen MR) is 238 cm³/mol. The summed E-state index contributed by atoms with van der Waals surface area (Å²) in [6.45, 7) is 14.3. The maximum Gasteiger partial charge on any atom is 0.0152 e. The number of unbranched alkanes of at least 4 members (excludes halogenated alkanes) is 18. The lowest BCUT2D eigenvalue weighted by Crippen LogP contribution is -2.42.